The van der Waals surface area contributed by atoms with Crippen LogP contribution in [0.1, 0.15) is 33.0 Å². The summed E-state index contributed by atoms with van der Waals surface area (Å²) in [6.07, 6.45) is 4.19. The molecule has 0 N–H and O–H groups in total. The van der Waals surface area contributed by atoms with E-state index in [1.165, 1.54) is 28.2 Å². The molecule has 2 aliphatic heterocycles. The van der Waals surface area contributed by atoms with Gasteiger partial charge in [-0.2, -0.15) is 0 Å². The number of rotatable bonds is 4. The smallest absolute Gasteiger partial charge is 0.280 e. The van der Waals surface area contributed by atoms with Gasteiger partial charge in [0, 0.05) is 24.8 Å². The first-order valence-electron chi connectivity index (χ1n) is 10.1. The van der Waals surface area contributed by atoms with Gasteiger partial charge in [-0.25, -0.2) is 19.0 Å². The Morgan fingerprint density at radius 1 is 1.13 bits per heavy atom. The zero-order chi connectivity index (χ0) is 21.4. The molecule has 0 saturated carbocycles. The van der Waals surface area contributed by atoms with Crippen LogP contribution in [-0.4, -0.2) is 67.0 Å². The summed E-state index contributed by atoms with van der Waals surface area (Å²) in [5, 5.41) is 8.08. The van der Waals surface area contributed by atoms with Crippen molar-refractivity contribution < 1.29 is 14.0 Å². The van der Waals surface area contributed by atoms with E-state index in [-0.39, 0.29) is 42.7 Å². The zero-order valence-electron chi connectivity index (χ0n) is 16.6. The molecule has 0 bridgehead atoms. The second-order valence-corrected chi connectivity index (χ2v) is 7.70. The van der Waals surface area contributed by atoms with Crippen molar-refractivity contribution in [3.05, 3.63) is 66.0 Å². The third kappa shape index (κ3) is 3.65. The minimum absolute atomic E-state index is 0.00144. The van der Waals surface area contributed by atoms with Gasteiger partial charge in [0.15, 0.2) is 5.69 Å². The Morgan fingerprint density at radius 2 is 2.00 bits per heavy atom. The van der Waals surface area contributed by atoms with E-state index < -0.39 is 12.2 Å². The molecule has 2 amide bonds. The Balaban J connectivity index is 1.31. The predicted molar refractivity (Wildman–Crippen MR) is 108 cm³/mol. The van der Waals surface area contributed by atoms with Crippen LogP contribution in [0.2, 0.25) is 0 Å². The Labute approximate surface area is 177 Å². The molecule has 10 heteroatoms. The van der Waals surface area contributed by atoms with Crippen molar-refractivity contribution in [3.8, 4) is 0 Å². The Kier molecular flexibility index (Phi) is 4.89. The Bertz CT molecular complexity index is 1120. The zero-order valence-corrected chi connectivity index (χ0v) is 16.6. The van der Waals surface area contributed by atoms with Crippen molar-refractivity contribution in [2.24, 2.45) is 0 Å². The number of hydrogen-bond donors (Lipinski definition) is 0. The molecule has 0 spiro atoms. The molecule has 3 aromatic rings. The largest absolute Gasteiger partial charge is 0.329 e. The number of carbonyl (C=O) groups excluding carboxylic acids is 2. The van der Waals surface area contributed by atoms with Gasteiger partial charge >= 0.3 is 0 Å². The molecule has 0 radical (unpaired) electrons. The highest BCUT2D eigenvalue weighted by atomic mass is 19.1. The number of likely N-dealkylation sites (tertiary alicyclic amines) is 1. The number of alkyl halides is 1. The number of benzene rings is 1. The molecular weight excluding hydrogens is 401 g/mol. The summed E-state index contributed by atoms with van der Waals surface area (Å²) in [5.74, 6) is -0.572. The van der Waals surface area contributed by atoms with E-state index in [9.17, 15) is 14.0 Å². The van der Waals surface area contributed by atoms with Gasteiger partial charge in [-0.3, -0.25) is 9.59 Å². The molecule has 0 unspecified atom stereocenters. The van der Waals surface area contributed by atoms with E-state index in [4.69, 9.17) is 0 Å². The number of amides is 2. The highest BCUT2D eigenvalue weighted by Crippen LogP contribution is 2.28. The quantitative estimate of drug-likeness (QED) is 0.634. The number of nitrogens with zero attached hydrogens (tertiary/aromatic N) is 7. The fourth-order valence-corrected chi connectivity index (χ4v) is 4.23. The molecule has 1 aromatic carbocycles. The fraction of sp³-hybridized carbons (Fsp3) is 0.333. The SMILES string of the molecule is O=C(c1cn(C[C@@H]2C[C@H](F)CN2C(=O)c2ccncn2)nn1)N1CCc2ccccc21. The maximum atomic E-state index is 14.1. The van der Waals surface area contributed by atoms with Crippen LogP contribution in [0.3, 0.4) is 0 Å². The third-order valence-electron chi connectivity index (χ3n) is 5.71. The van der Waals surface area contributed by atoms with E-state index in [0.717, 1.165) is 17.7 Å². The van der Waals surface area contributed by atoms with Crippen molar-refractivity contribution in [1.29, 1.82) is 0 Å². The van der Waals surface area contributed by atoms with Gasteiger partial charge in [-0.05, 0) is 24.1 Å². The molecular formula is C21H20FN7O2. The van der Waals surface area contributed by atoms with E-state index in [2.05, 4.69) is 20.3 Å². The van der Waals surface area contributed by atoms with Gasteiger partial charge in [0.2, 0.25) is 0 Å². The van der Waals surface area contributed by atoms with Gasteiger partial charge in [-0.1, -0.05) is 23.4 Å². The average Bonchev–Trinajstić information content (AvgIpc) is 3.52. The molecule has 2 aromatic heterocycles. The first-order chi connectivity index (χ1) is 15.1. The van der Waals surface area contributed by atoms with E-state index >= 15 is 0 Å². The summed E-state index contributed by atoms with van der Waals surface area (Å²) in [6.45, 7) is 0.838. The molecule has 2 atom stereocenters. The Hall–Kier alpha value is -3.69. The monoisotopic (exact) mass is 421 g/mol. The Morgan fingerprint density at radius 3 is 2.84 bits per heavy atom. The van der Waals surface area contributed by atoms with Crippen molar-refractivity contribution in [2.45, 2.75) is 31.6 Å². The van der Waals surface area contributed by atoms with Crippen LogP contribution in [0.5, 0.6) is 0 Å². The van der Waals surface area contributed by atoms with Crippen LogP contribution in [0.4, 0.5) is 10.1 Å². The van der Waals surface area contributed by atoms with Gasteiger partial charge in [0.05, 0.1) is 25.3 Å². The maximum Gasteiger partial charge on any atom is 0.280 e. The van der Waals surface area contributed by atoms with Gasteiger partial charge in [0.25, 0.3) is 11.8 Å². The van der Waals surface area contributed by atoms with Crippen molar-refractivity contribution in [3.63, 3.8) is 0 Å². The van der Waals surface area contributed by atoms with Crippen LogP contribution < -0.4 is 4.90 Å². The summed E-state index contributed by atoms with van der Waals surface area (Å²) >= 11 is 0. The maximum absolute atomic E-state index is 14.1. The summed E-state index contributed by atoms with van der Waals surface area (Å²) in [5.41, 5.74) is 2.46. The highest BCUT2D eigenvalue weighted by molar-refractivity contribution is 6.05. The first-order valence-corrected chi connectivity index (χ1v) is 10.1. The standard InChI is InChI=1S/C21H20FN7O2/c22-15-9-16(29(10-15)20(30)17-5-7-23-13-24-17)11-27-12-18(25-26-27)21(31)28-8-6-14-3-1-2-4-19(14)28/h1-5,7,12-13,15-16H,6,8-11H2/t15-,16-/m0/s1. The van der Waals surface area contributed by atoms with Gasteiger partial charge in [0.1, 0.15) is 18.2 Å². The summed E-state index contributed by atoms with van der Waals surface area (Å²) in [4.78, 5) is 36.6. The highest BCUT2D eigenvalue weighted by Gasteiger charge is 2.37. The number of aromatic nitrogens is 5. The van der Waals surface area contributed by atoms with E-state index in [0.29, 0.717) is 6.54 Å². The van der Waals surface area contributed by atoms with Crippen molar-refractivity contribution in [1.82, 2.24) is 29.9 Å². The van der Waals surface area contributed by atoms with Gasteiger partial charge in [-0.15, -0.1) is 5.10 Å². The van der Waals surface area contributed by atoms with Crippen LogP contribution in [0.15, 0.2) is 49.1 Å². The lowest BCUT2D eigenvalue weighted by Gasteiger charge is -2.23. The second kappa shape index (κ2) is 7.86. The second-order valence-electron chi connectivity index (χ2n) is 7.70. The molecule has 1 fully saturated rings. The number of para-hydroxylation sites is 1. The van der Waals surface area contributed by atoms with Crippen molar-refractivity contribution in [2.75, 3.05) is 18.0 Å². The molecule has 0 aliphatic carbocycles. The van der Waals surface area contributed by atoms with E-state index in [1.807, 2.05) is 24.3 Å². The summed E-state index contributed by atoms with van der Waals surface area (Å²) in [6, 6.07) is 8.88. The molecule has 31 heavy (non-hydrogen) atoms. The topological polar surface area (TPSA) is 97.1 Å². The number of fused-ring (bicyclic) bond motifs is 1. The van der Waals surface area contributed by atoms with Crippen LogP contribution in [0.25, 0.3) is 0 Å². The number of halogens is 1. The third-order valence-corrected chi connectivity index (χ3v) is 5.71. The predicted octanol–water partition coefficient (Wildman–Crippen LogP) is 1.52. The van der Waals surface area contributed by atoms with Crippen LogP contribution in [0, 0.1) is 0 Å². The van der Waals surface area contributed by atoms with Crippen LogP contribution in [-0.2, 0) is 13.0 Å². The van der Waals surface area contributed by atoms with Crippen LogP contribution >= 0.6 is 0 Å². The first kappa shape index (κ1) is 19.3. The normalized spacial score (nSPS) is 20.2. The van der Waals surface area contributed by atoms with E-state index in [1.54, 1.807) is 11.1 Å². The number of carbonyl (C=O) groups is 2. The molecule has 2 aliphatic rings. The molecule has 4 heterocycles. The van der Waals surface area contributed by atoms with Crippen molar-refractivity contribution >= 4 is 17.5 Å². The number of hydrogen-bond acceptors (Lipinski definition) is 6. The van der Waals surface area contributed by atoms with Gasteiger partial charge < -0.3 is 9.80 Å². The summed E-state index contributed by atoms with van der Waals surface area (Å²) in [7, 11) is 0. The summed E-state index contributed by atoms with van der Waals surface area (Å²) < 4.78 is 15.6. The molecule has 9 nitrogen and oxygen atoms in total. The lowest BCUT2D eigenvalue weighted by Crippen LogP contribution is -2.38. The minimum Gasteiger partial charge on any atom is -0.329 e. The fourth-order valence-electron chi connectivity index (χ4n) is 4.23. The minimum atomic E-state index is -1.12. The lowest BCUT2D eigenvalue weighted by molar-refractivity contribution is 0.0708. The molecule has 5 rings (SSSR count). The lowest BCUT2D eigenvalue weighted by atomic mass is 10.2. The molecule has 158 valence electrons. The average molecular weight is 421 g/mol. The number of anilines is 1. The molecule has 1 saturated heterocycles.